The molecule has 3 nitrogen and oxygen atoms in total. The molecular formula is C8H9Cl2NO2. The molecule has 0 atom stereocenters. The third-order valence-corrected chi connectivity index (χ3v) is 1.68. The zero-order chi connectivity index (χ0) is 10.4. The Bertz CT molecular complexity index is 298. The number of nitrogens with two attached hydrogens (primary N) is 1. The Kier molecular flexibility index (Phi) is 5.26. The molecule has 1 rings (SSSR count). The van der Waals surface area contributed by atoms with Crippen molar-refractivity contribution in [2.75, 3.05) is 5.73 Å². The molecule has 0 heterocycles. The fourth-order valence-corrected chi connectivity index (χ4v) is 0.819. The van der Waals surface area contributed by atoms with Gasteiger partial charge in [0, 0.05) is 12.6 Å². The lowest BCUT2D eigenvalue weighted by atomic mass is 10.3. The van der Waals surface area contributed by atoms with Gasteiger partial charge in [-0.3, -0.25) is 4.79 Å². The van der Waals surface area contributed by atoms with Crippen LogP contribution in [0.2, 0.25) is 10.0 Å². The van der Waals surface area contributed by atoms with Crippen molar-refractivity contribution in [1.82, 2.24) is 0 Å². The first-order valence-electron chi connectivity index (χ1n) is 3.33. The highest BCUT2D eigenvalue weighted by molar-refractivity contribution is 6.42. The van der Waals surface area contributed by atoms with Crippen LogP contribution in [0.25, 0.3) is 0 Å². The smallest absolute Gasteiger partial charge is 0.300 e. The molecule has 0 amide bonds. The first-order valence-corrected chi connectivity index (χ1v) is 4.09. The number of benzene rings is 1. The van der Waals surface area contributed by atoms with Gasteiger partial charge in [0.15, 0.2) is 0 Å². The molecule has 1 aromatic carbocycles. The van der Waals surface area contributed by atoms with Crippen LogP contribution in [0.1, 0.15) is 6.92 Å². The van der Waals surface area contributed by atoms with Crippen LogP contribution in [0.3, 0.4) is 0 Å². The predicted molar refractivity (Wildman–Crippen MR) is 54.2 cm³/mol. The number of carboxylic acid groups (broad SMARTS) is 1. The van der Waals surface area contributed by atoms with E-state index in [4.69, 9.17) is 38.8 Å². The SMILES string of the molecule is CC(=O)O.Nc1ccc(Cl)c(Cl)c1. The lowest BCUT2D eigenvalue weighted by Gasteiger charge is -1.94. The standard InChI is InChI=1S/C6H5Cl2N.C2H4O2/c7-5-2-1-4(9)3-6(5)8;1-2(3)4/h1-3H,9H2;1H3,(H,3,4). The van der Waals surface area contributed by atoms with Gasteiger partial charge in [0.2, 0.25) is 0 Å². The average molecular weight is 222 g/mol. The minimum Gasteiger partial charge on any atom is -0.481 e. The van der Waals surface area contributed by atoms with Gasteiger partial charge in [0.1, 0.15) is 0 Å². The molecular weight excluding hydrogens is 213 g/mol. The summed E-state index contributed by atoms with van der Waals surface area (Å²) in [6.07, 6.45) is 0. The molecule has 13 heavy (non-hydrogen) atoms. The number of halogens is 2. The van der Waals surface area contributed by atoms with Crippen LogP contribution in [0.4, 0.5) is 5.69 Å². The Morgan fingerprint density at radius 1 is 1.38 bits per heavy atom. The molecule has 3 N–H and O–H groups in total. The van der Waals surface area contributed by atoms with Crippen molar-refractivity contribution in [3.63, 3.8) is 0 Å². The molecule has 0 bridgehead atoms. The highest BCUT2D eigenvalue weighted by Gasteiger charge is 1.94. The van der Waals surface area contributed by atoms with Crippen molar-refractivity contribution in [2.24, 2.45) is 0 Å². The summed E-state index contributed by atoms with van der Waals surface area (Å²) in [7, 11) is 0. The molecule has 0 saturated carbocycles. The Morgan fingerprint density at radius 2 is 1.85 bits per heavy atom. The van der Waals surface area contributed by atoms with Gasteiger partial charge in [-0.05, 0) is 18.2 Å². The quantitative estimate of drug-likeness (QED) is 0.663. The number of nitrogen functional groups attached to an aromatic ring is 1. The summed E-state index contributed by atoms with van der Waals surface area (Å²) in [5.41, 5.74) is 6.01. The maximum Gasteiger partial charge on any atom is 0.300 e. The lowest BCUT2D eigenvalue weighted by Crippen LogP contribution is -1.82. The van der Waals surface area contributed by atoms with E-state index < -0.39 is 5.97 Å². The van der Waals surface area contributed by atoms with E-state index in [-0.39, 0.29) is 0 Å². The highest BCUT2D eigenvalue weighted by Crippen LogP contribution is 2.23. The Morgan fingerprint density at radius 3 is 2.15 bits per heavy atom. The van der Waals surface area contributed by atoms with E-state index in [1.54, 1.807) is 18.2 Å². The minimum absolute atomic E-state index is 0.497. The third kappa shape index (κ3) is 6.25. The first-order chi connectivity index (χ1) is 5.93. The summed E-state index contributed by atoms with van der Waals surface area (Å²) in [6, 6.07) is 4.98. The zero-order valence-corrected chi connectivity index (χ0v) is 8.43. The second-order valence-corrected chi connectivity index (χ2v) is 3.01. The summed E-state index contributed by atoms with van der Waals surface area (Å²) >= 11 is 11.2. The average Bonchev–Trinajstić information content (AvgIpc) is 1.96. The van der Waals surface area contributed by atoms with Gasteiger partial charge in [-0.1, -0.05) is 23.2 Å². The maximum atomic E-state index is 9.00. The van der Waals surface area contributed by atoms with Gasteiger partial charge in [-0.25, -0.2) is 0 Å². The van der Waals surface area contributed by atoms with Gasteiger partial charge < -0.3 is 10.8 Å². The normalized spacial score (nSPS) is 8.54. The van der Waals surface area contributed by atoms with Gasteiger partial charge in [0.25, 0.3) is 5.97 Å². The van der Waals surface area contributed by atoms with Gasteiger partial charge in [-0.2, -0.15) is 0 Å². The fourth-order valence-electron chi connectivity index (χ4n) is 0.512. The molecule has 0 aliphatic heterocycles. The summed E-state index contributed by atoms with van der Waals surface area (Å²) in [5.74, 6) is -0.833. The van der Waals surface area contributed by atoms with E-state index in [0.29, 0.717) is 15.7 Å². The number of aliphatic carboxylic acids is 1. The van der Waals surface area contributed by atoms with Crippen LogP contribution >= 0.6 is 23.2 Å². The maximum absolute atomic E-state index is 9.00. The molecule has 1 aromatic rings. The molecule has 0 fully saturated rings. The molecule has 5 heteroatoms. The van der Waals surface area contributed by atoms with Crippen LogP contribution in [-0.4, -0.2) is 11.1 Å². The molecule has 0 radical (unpaired) electrons. The van der Waals surface area contributed by atoms with Crippen molar-refractivity contribution < 1.29 is 9.90 Å². The van der Waals surface area contributed by atoms with E-state index in [9.17, 15) is 0 Å². The number of carbonyl (C=O) groups is 1. The fraction of sp³-hybridized carbons (Fsp3) is 0.125. The monoisotopic (exact) mass is 221 g/mol. The molecule has 0 aliphatic carbocycles. The summed E-state index contributed by atoms with van der Waals surface area (Å²) in [6.45, 7) is 1.08. The summed E-state index contributed by atoms with van der Waals surface area (Å²) in [5, 5.41) is 8.45. The minimum atomic E-state index is -0.833. The molecule has 72 valence electrons. The Labute approximate surface area is 86.1 Å². The van der Waals surface area contributed by atoms with E-state index in [1.807, 2.05) is 0 Å². The second-order valence-electron chi connectivity index (χ2n) is 2.19. The Hall–Kier alpha value is -0.930. The number of hydrogen-bond donors (Lipinski definition) is 2. The van der Waals surface area contributed by atoms with Crippen LogP contribution in [0.5, 0.6) is 0 Å². The van der Waals surface area contributed by atoms with Crippen LogP contribution < -0.4 is 5.73 Å². The number of hydrogen-bond acceptors (Lipinski definition) is 2. The van der Waals surface area contributed by atoms with Crippen molar-refractivity contribution >= 4 is 34.9 Å². The second kappa shape index (κ2) is 5.67. The number of anilines is 1. The zero-order valence-electron chi connectivity index (χ0n) is 6.92. The van der Waals surface area contributed by atoms with Crippen molar-refractivity contribution in [3.8, 4) is 0 Å². The first kappa shape index (κ1) is 12.1. The van der Waals surface area contributed by atoms with Gasteiger partial charge in [0.05, 0.1) is 10.0 Å². The van der Waals surface area contributed by atoms with Crippen LogP contribution in [0, 0.1) is 0 Å². The molecule has 0 aliphatic rings. The largest absolute Gasteiger partial charge is 0.481 e. The molecule has 0 unspecified atom stereocenters. The van der Waals surface area contributed by atoms with Crippen LogP contribution in [-0.2, 0) is 4.79 Å². The summed E-state index contributed by atoms with van der Waals surface area (Å²) in [4.78, 5) is 9.00. The summed E-state index contributed by atoms with van der Waals surface area (Å²) < 4.78 is 0. The van der Waals surface area contributed by atoms with E-state index in [2.05, 4.69) is 0 Å². The van der Waals surface area contributed by atoms with Gasteiger partial charge >= 0.3 is 0 Å². The number of rotatable bonds is 0. The Balaban J connectivity index is 0.000000310. The van der Waals surface area contributed by atoms with Gasteiger partial charge in [-0.15, -0.1) is 0 Å². The predicted octanol–water partition coefficient (Wildman–Crippen LogP) is 2.67. The van der Waals surface area contributed by atoms with Crippen molar-refractivity contribution in [1.29, 1.82) is 0 Å². The third-order valence-electron chi connectivity index (χ3n) is 0.944. The van der Waals surface area contributed by atoms with Crippen LogP contribution in [0.15, 0.2) is 18.2 Å². The highest BCUT2D eigenvalue weighted by atomic mass is 35.5. The lowest BCUT2D eigenvalue weighted by molar-refractivity contribution is -0.134. The van der Waals surface area contributed by atoms with E-state index in [1.165, 1.54) is 0 Å². The molecule has 0 aromatic heterocycles. The molecule has 0 spiro atoms. The van der Waals surface area contributed by atoms with E-state index in [0.717, 1.165) is 6.92 Å². The van der Waals surface area contributed by atoms with Crippen molar-refractivity contribution in [3.05, 3.63) is 28.2 Å². The number of carboxylic acids is 1. The molecule has 0 saturated heterocycles. The topological polar surface area (TPSA) is 63.3 Å². The van der Waals surface area contributed by atoms with Crippen molar-refractivity contribution in [2.45, 2.75) is 6.92 Å². The van der Waals surface area contributed by atoms with E-state index >= 15 is 0 Å².